The van der Waals surface area contributed by atoms with E-state index in [1.807, 2.05) is 0 Å². The van der Waals surface area contributed by atoms with Crippen LogP contribution >= 0.6 is 0 Å². The Labute approximate surface area is 83.1 Å². The largest absolute Gasteiger partial charge is 0.298 e. The summed E-state index contributed by atoms with van der Waals surface area (Å²) in [5, 5.41) is -0.267. The quantitative estimate of drug-likeness (QED) is 0.661. The summed E-state index contributed by atoms with van der Waals surface area (Å²) in [6, 6.07) is 4.24. The number of carbonyl (C=O) groups excluding carboxylic acids is 1. The van der Waals surface area contributed by atoms with Crippen LogP contribution in [0.1, 0.15) is 10.4 Å². The molecule has 0 N–H and O–H groups in total. The van der Waals surface area contributed by atoms with Crippen molar-refractivity contribution in [2.75, 3.05) is 0 Å². The number of hydrogen-bond donors (Lipinski definition) is 0. The lowest BCUT2D eigenvalue weighted by Crippen LogP contribution is -1.93. The zero-order chi connectivity index (χ0) is 11.0. The zero-order valence-corrected chi connectivity index (χ0v) is 7.43. The van der Waals surface area contributed by atoms with Crippen molar-refractivity contribution in [1.29, 1.82) is 0 Å². The lowest BCUT2D eigenvalue weighted by molar-refractivity contribution is 0.112. The van der Waals surface area contributed by atoms with Crippen molar-refractivity contribution >= 4 is 17.1 Å². The minimum atomic E-state index is -1.11. The SMILES string of the molecule is O=Cc1ccc2c(F)c(F)ccc2c1F. The third kappa shape index (κ3) is 1.38. The molecule has 0 bridgehead atoms. The van der Waals surface area contributed by atoms with Gasteiger partial charge in [-0.3, -0.25) is 4.79 Å². The Kier molecular flexibility index (Phi) is 2.19. The van der Waals surface area contributed by atoms with Crippen LogP contribution < -0.4 is 0 Å². The van der Waals surface area contributed by atoms with Crippen LogP contribution in [-0.4, -0.2) is 6.29 Å². The van der Waals surface area contributed by atoms with Crippen molar-refractivity contribution in [2.24, 2.45) is 0 Å². The van der Waals surface area contributed by atoms with Gasteiger partial charge in [-0.1, -0.05) is 6.07 Å². The number of aldehydes is 1. The number of rotatable bonds is 1. The fourth-order valence-corrected chi connectivity index (χ4v) is 1.41. The monoisotopic (exact) mass is 210 g/mol. The van der Waals surface area contributed by atoms with E-state index in [9.17, 15) is 18.0 Å². The summed E-state index contributed by atoms with van der Waals surface area (Å²) in [7, 11) is 0. The average molecular weight is 210 g/mol. The molecule has 0 saturated carbocycles. The highest BCUT2D eigenvalue weighted by molar-refractivity contribution is 5.90. The highest BCUT2D eigenvalue weighted by Crippen LogP contribution is 2.24. The van der Waals surface area contributed by atoms with Crippen LogP contribution in [0.25, 0.3) is 10.8 Å². The van der Waals surface area contributed by atoms with Crippen LogP contribution in [0, 0.1) is 17.5 Å². The van der Waals surface area contributed by atoms with Gasteiger partial charge in [0.2, 0.25) is 0 Å². The van der Waals surface area contributed by atoms with Crippen LogP contribution in [-0.2, 0) is 0 Å². The Bertz CT molecular complexity index is 549. The number of hydrogen-bond acceptors (Lipinski definition) is 1. The molecular formula is C11H5F3O. The number of benzene rings is 2. The Morgan fingerprint density at radius 3 is 2.13 bits per heavy atom. The molecule has 0 heterocycles. The average Bonchev–Trinajstić information content (AvgIpc) is 2.24. The third-order valence-electron chi connectivity index (χ3n) is 2.18. The van der Waals surface area contributed by atoms with E-state index in [-0.39, 0.29) is 16.3 Å². The van der Waals surface area contributed by atoms with Crippen molar-refractivity contribution in [3.63, 3.8) is 0 Å². The van der Waals surface area contributed by atoms with Gasteiger partial charge in [-0.25, -0.2) is 13.2 Å². The number of halogens is 3. The van der Waals surface area contributed by atoms with E-state index in [0.717, 1.165) is 18.2 Å². The molecule has 0 radical (unpaired) electrons. The topological polar surface area (TPSA) is 17.1 Å². The molecule has 4 heteroatoms. The zero-order valence-electron chi connectivity index (χ0n) is 7.43. The van der Waals surface area contributed by atoms with E-state index in [1.54, 1.807) is 0 Å². The van der Waals surface area contributed by atoms with Gasteiger partial charge in [-0.2, -0.15) is 0 Å². The Hall–Kier alpha value is -1.84. The van der Waals surface area contributed by atoms with Crippen molar-refractivity contribution in [3.8, 4) is 0 Å². The van der Waals surface area contributed by atoms with E-state index in [1.165, 1.54) is 6.07 Å². The van der Waals surface area contributed by atoms with Crippen LogP contribution in [0.5, 0.6) is 0 Å². The van der Waals surface area contributed by atoms with Crippen LogP contribution in [0.15, 0.2) is 24.3 Å². The summed E-state index contributed by atoms with van der Waals surface area (Å²) < 4.78 is 39.4. The standard InChI is InChI=1S/C11H5F3O/c12-9-4-3-7-8(11(9)14)2-1-6(5-15)10(7)13/h1-5H. The van der Waals surface area contributed by atoms with Gasteiger partial charge in [0.15, 0.2) is 17.9 Å². The van der Waals surface area contributed by atoms with E-state index < -0.39 is 17.5 Å². The highest BCUT2D eigenvalue weighted by Gasteiger charge is 2.12. The van der Waals surface area contributed by atoms with Crippen molar-refractivity contribution in [2.45, 2.75) is 0 Å². The van der Waals surface area contributed by atoms with Gasteiger partial charge < -0.3 is 0 Å². The second kappa shape index (κ2) is 3.38. The lowest BCUT2D eigenvalue weighted by Gasteiger charge is -2.03. The second-order valence-electron chi connectivity index (χ2n) is 3.04. The Balaban J connectivity index is 2.91. The minimum Gasteiger partial charge on any atom is -0.298 e. The molecule has 0 unspecified atom stereocenters. The molecule has 76 valence electrons. The summed E-state index contributed by atoms with van der Waals surface area (Å²) in [4.78, 5) is 10.4. The number of carbonyl (C=O) groups is 1. The van der Waals surface area contributed by atoms with E-state index in [0.29, 0.717) is 6.29 Å². The highest BCUT2D eigenvalue weighted by atomic mass is 19.2. The van der Waals surface area contributed by atoms with Gasteiger partial charge in [-0.15, -0.1) is 0 Å². The Morgan fingerprint density at radius 1 is 0.867 bits per heavy atom. The van der Waals surface area contributed by atoms with Crippen LogP contribution in [0.3, 0.4) is 0 Å². The predicted molar refractivity (Wildman–Crippen MR) is 49.2 cm³/mol. The van der Waals surface area contributed by atoms with Crippen molar-refractivity contribution in [1.82, 2.24) is 0 Å². The van der Waals surface area contributed by atoms with Crippen molar-refractivity contribution < 1.29 is 18.0 Å². The molecule has 0 aromatic heterocycles. The van der Waals surface area contributed by atoms with Crippen molar-refractivity contribution in [3.05, 3.63) is 47.3 Å². The smallest absolute Gasteiger partial charge is 0.166 e. The summed E-state index contributed by atoms with van der Waals surface area (Å²) >= 11 is 0. The lowest BCUT2D eigenvalue weighted by atomic mass is 10.1. The summed E-state index contributed by atoms with van der Waals surface area (Å²) in [6.45, 7) is 0. The first-order valence-electron chi connectivity index (χ1n) is 4.16. The van der Waals surface area contributed by atoms with E-state index >= 15 is 0 Å². The van der Waals surface area contributed by atoms with E-state index in [4.69, 9.17) is 0 Å². The molecule has 2 rings (SSSR count). The molecule has 0 aliphatic heterocycles. The molecular weight excluding hydrogens is 205 g/mol. The number of fused-ring (bicyclic) bond motifs is 1. The third-order valence-corrected chi connectivity index (χ3v) is 2.18. The molecule has 0 spiro atoms. The predicted octanol–water partition coefficient (Wildman–Crippen LogP) is 3.07. The van der Waals surface area contributed by atoms with Gasteiger partial charge in [0, 0.05) is 10.8 Å². The molecule has 0 fully saturated rings. The maximum absolute atomic E-state index is 13.5. The maximum atomic E-state index is 13.5. The second-order valence-corrected chi connectivity index (χ2v) is 3.04. The van der Waals surface area contributed by atoms with Gasteiger partial charge in [0.25, 0.3) is 0 Å². The Morgan fingerprint density at radius 2 is 1.47 bits per heavy atom. The van der Waals surface area contributed by atoms with Gasteiger partial charge in [0.1, 0.15) is 5.82 Å². The fourth-order valence-electron chi connectivity index (χ4n) is 1.41. The first-order chi connectivity index (χ1) is 7.15. The van der Waals surface area contributed by atoms with E-state index in [2.05, 4.69) is 0 Å². The minimum absolute atomic E-state index is 0.0986. The molecule has 0 saturated heterocycles. The van der Waals surface area contributed by atoms with Crippen LogP contribution in [0.2, 0.25) is 0 Å². The maximum Gasteiger partial charge on any atom is 0.166 e. The molecule has 15 heavy (non-hydrogen) atoms. The summed E-state index contributed by atoms with van der Waals surface area (Å²) in [6.07, 6.45) is 0.329. The molecule has 0 aliphatic rings. The van der Waals surface area contributed by atoms with Crippen LogP contribution in [0.4, 0.5) is 13.2 Å². The van der Waals surface area contributed by atoms with Gasteiger partial charge in [0.05, 0.1) is 5.56 Å². The molecule has 0 atom stereocenters. The normalized spacial score (nSPS) is 10.6. The molecule has 2 aromatic carbocycles. The fraction of sp³-hybridized carbons (Fsp3) is 0. The first kappa shape index (κ1) is 9.71. The molecule has 1 nitrogen and oxygen atoms in total. The first-order valence-corrected chi connectivity index (χ1v) is 4.16. The van der Waals surface area contributed by atoms with Gasteiger partial charge >= 0.3 is 0 Å². The molecule has 2 aromatic rings. The summed E-state index contributed by atoms with van der Waals surface area (Å²) in [5.41, 5.74) is -0.173. The summed E-state index contributed by atoms with van der Waals surface area (Å²) in [5.74, 6) is -2.98. The van der Waals surface area contributed by atoms with Gasteiger partial charge in [-0.05, 0) is 18.2 Å². The molecule has 0 aliphatic carbocycles. The molecule has 0 amide bonds.